The molecule has 0 aliphatic heterocycles. The van der Waals surface area contributed by atoms with Crippen molar-refractivity contribution in [1.82, 2.24) is 0 Å². The van der Waals surface area contributed by atoms with Gasteiger partial charge in [-0.1, -0.05) is 204 Å². The lowest BCUT2D eigenvalue weighted by Gasteiger charge is -2.31. The first-order valence-corrected chi connectivity index (χ1v) is 24.7. The molecular formula is C69H46. The van der Waals surface area contributed by atoms with Crippen LogP contribution in [0.15, 0.2) is 206 Å². The second kappa shape index (κ2) is 12.7. The molecule has 0 amide bonds. The molecule has 12 aromatic rings. The average Bonchev–Trinajstić information content (AvgIpc) is 4.02. The highest BCUT2D eigenvalue weighted by molar-refractivity contribution is 6.26. The van der Waals surface area contributed by atoms with Gasteiger partial charge in [-0.2, -0.15) is 0 Å². The van der Waals surface area contributed by atoms with Crippen molar-refractivity contribution in [2.24, 2.45) is 0 Å². The zero-order chi connectivity index (χ0) is 45.7. The summed E-state index contributed by atoms with van der Waals surface area (Å²) in [4.78, 5) is 0. The van der Waals surface area contributed by atoms with Gasteiger partial charge in [-0.05, 0) is 185 Å². The van der Waals surface area contributed by atoms with E-state index in [1.807, 2.05) is 0 Å². The van der Waals surface area contributed by atoms with E-state index in [-0.39, 0.29) is 10.8 Å². The fourth-order valence-electron chi connectivity index (χ4n) is 14.4. The Labute approximate surface area is 402 Å². The Morgan fingerprint density at radius 3 is 1.32 bits per heavy atom. The summed E-state index contributed by atoms with van der Waals surface area (Å²) in [6, 6.07) is 79.8. The molecule has 0 N–H and O–H groups in total. The van der Waals surface area contributed by atoms with Crippen LogP contribution in [0.25, 0.3) is 110 Å². The van der Waals surface area contributed by atoms with E-state index in [0.29, 0.717) is 0 Å². The molecule has 4 aliphatic rings. The molecule has 12 aromatic carbocycles. The third-order valence-corrected chi connectivity index (χ3v) is 17.6. The molecule has 0 heteroatoms. The van der Waals surface area contributed by atoms with Crippen LogP contribution < -0.4 is 0 Å². The summed E-state index contributed by atoms with van der Waals surface area (Å²) in [5.74, 6) is 0. The summed E-state index contributed by atoms with van der Waals surface area (Å²) in [5.41, 5.74) is 26.2. The lowest BCUT2D eigenvalue weighted by Crippen LogP contribution is -2.26. The fourth-order valence-corrected chi connectivity index (χ4v) is 14.4. The average molecular weight is 875 g/mol. The van der Waals surface area contributed by atoms with Crippen molar-refractivity contribution in [3.63, 3.8) is 0 Å². The highest BCUT2D eigenvalue weighted by Gasteiger charge is 2.52. The number of hydrogen-bond acceptors (Lipinski definition) is 0. The number of benzene rings is 12. The lowest BCUT2D eigenvalue weighted by molar-refractivity contribution is 0.661. The van der Waals surface area contributed by atoms with Crippen LogP contribution in [0.5, 0.6) is 0 Å². The van der Waals surface area contributed by atoms with E-state index < -0.39 is 5.41 Å². The number of fused-ring (bicyclic) bond motifs is 19. The topological polar surface area (TPSA) is 0 Å². The van der Waals surface area contributed by atoms with Crippen molar-refractivity contribution in [3.8, 4) is 66.8 Å². The van der Waals surface area contributed by atoms with Gasteiger partial charge >= 0.3 is 0 Å². The van der Waals surface area contributed by atoms with Gasteiger partial charge in [0.15, 0.2) is 0 Å². The maximum absolute atomic E-state index is 2.55. The maximum Gasteiger partial charge on any atom is 0.0725 e. The smallest absolute Gasteiger partial charge is 0.0619 e. The summed E-state index contributed by atoms with van der Waals surface area (Å²) in [5, 5.41) is 10.7. The van der Waals surface area contributed by atoms with E-state index in [1.165, 1.54) is 154 Å². The Morgan fingerprint density at radius 1 is 0.246 bits per heavy atom. The van der Waals surface area contributed by atoms with Gasteiger partial charge in [-0.25, -0.2) is 0 Å². The number of rotatable bonds is 2. The van der Waals surface area contributed by atoms with E-state index in [9.17, 15) is 0 Å². The Bertz CT molecular complexity index is 4240. The van der Waals surface area contributed by atoms with Crippen LogP contribution in [0.3, 0.4) is 0 Å². The third kappa shape index (κ3) is 4.57. The SMILES string of the molecule is CC1(C)c2cc(-c3ccc4c(c3)C3(c5ccccc5-c5ccccc53)c3cc(-c5ccc6c(c5)C(C)(C)c5cc7ccc8cccc9ccc(c5-6)c7c89)ccc3-4)ccc2-c2c1ccc1ccccc21. The molecular weight excluding hydrogens is 829 g/mol. The van der Waals surface area contributed by atoms with Gasteiger partial charge in [0.2, 0.25) is 0 Å². The van der Waals surface area contributed by atoms with Gasteiger partial charge in [0.05, 0.1) is 5.41 Å². The van der Waals surface area contributed by atoms with Crippen LogP contribution >= 0.6 is 0 Å². The molecule has 0 heterocycles. The first-order valence-electron chi connectivity index (χ1n) is 24.7. The molecule has 16 rings (SSSR count). The van der Waals surface area contributed by atoms with Crippen molar-refractivity contribution in [3.05, 3.63) is 251 Å². The van der Waals surface area contributed by atoms with Crippen LogP contribution in [0.1, 0.15) is 72.2 Å². The summed E-state index contributed by atoms with van der Waals surface area (Å²) in [7, 11) is 0. The largest absolute Gasteiger partial charge is 0.0725 e. The summed E-state index contributed by atoms with van der Waals surface area (Å²) >= 11 is 0. The van der Waals surface area contributed by atoms with Crippen molar-refractivity contribution >= 4 is 43.1 Å². The fraction of sp³-hybridized carbons (Fsp3) is 0.101. The molecule has 322 valence electrons. The van der Waals surface area contributed by atoms with Gasteiger partial charge in [-0.15, -0.1) is 0 Å². The first kappa shape index (κ1) is 38.0. The Kier molecular flexibility index (Phi) is 7.00. The summed E-state index contributed by atoms with van der Waals surface area (Å²) < 4.78 is 0. The van der Waals surface area contributed by atoms with Crippen molar-refractivity contribution < 1.29 is 0 Å². The Morgan fingerprint density at radius 2 is 0.696 bits per heavy atom. The molecule has 0 nitrogen and oxygen atoms in total. The quantitative estimate of drug-likeness (QED) is 0.152. The normalized spacial score (nSPS) is 15.6. The van der Waals surface area contributed by atoms with Crippen LogP contribution in [0.2, 0.25) is 0 Å². The van der Waals surface area contributed by atoms with E-state index in [4.69, 9.17) is 0 Å². The van der Waals surface area contributed by atoms with Gasteiger partial charge in [0.1, 0.15) is 0 Å². The highest BCUT2D eigenvalue weighted by atomic mass is 14.5. The van der Waals surface area contributed by atoms with Crippen LogP contribution in [0.4, 0.5) is 0 Å². The second-order valence-electron chi connectivity index (χ2n) is 21.5. The van der Waals surface area contributed by atoms with E-state index in [1.54, 1.807) is 0 Å². The molecule has 0 fully saturated rings. The van der Waals surface area contributed by atoms with Crippen LogP contribution in [0, 0.1) is 0 Å². The molecule has 69 heavy (non-hydrogen) atoms. The predicted octanol–water partition coefficient (Wildman–Crippen LogP) is 18.0. The summed E-state index contributed by atoms with van der Waals surface area (Å²) in [6.45, 7) is 9.67. The molecule has 0 saturated heterocycles. The zero-order valence-corrected chi connectivity index (χ0v) is 39.1. The first-order chi connectivity index (χ1) is 33.7. The van der Waals surface area contributed by atoms with Gasteiger partial charge in [-0.3, -0.25) is 0 Å². The minimum absolute atomic E-state index is 0.116. The molecule has 0 radical (unpaired) electrons. The predicted molar refractivity (Wildman–Crippen MR) is 290 cm³/mol. The van der Waals surface area contributed by atoms with Crippen molar-refractivity contribution in [2.45, 2.75) is 43.9 Å². The minimum atomic E-state index is -0.474. The summed E-state index contributed by atoms with van der Waals surface area (Å²) in [6.07, 6.45) is 0. The lowest BCUT2D eigenvalue weighted by atomic mass is 9.70. The molecule has 0 bridgehead atoms. The second-order valence-corrected chi connectivity index (χ2v) is 21.5. The van der Waals surface area contributed by atoms with Crippen molar-refractivity contribution in [2.75, 3.05) is 0 Å². The van der Waals surface area contributed by atoms with Gasteiger partial charge in [0, 0.05) is 10.8 Å². The van der Waals surface area contributed by atoms with E-state index in [0.717, 1.165) is 0 Å². The van der Waals surface area contributed by atoms with Gasteiger partial charge < -0.3 is 0 Å². The Balaban J connectivity index is 0.876. The molecule has 0 saturated carbocycles. The third-order valence-electron chi connectivity index (χ3n) is 17.6. The standard InChI is InChI=1S/C69H46/c1-67(2)57-33-27-39-12-5-6-15-47(39)65(57)52-30-25-42(34-58(52)67)44-23-28-50-51-29-24-45(37-61(51)69(60(50)36-44)55-18-9-7-16-48(55)49-17-8-10-19-56(49)69)43-26-31-53-59(35-43)68(3,4)62-38-46-21-20-40-13-11-14-41-22-32-54(66(53)62)64(46)63(40)41/h5-38H,1-4H3. The molecule has 0 unspecified atom stereocenters. The molecule has 4 aliphatic carbocycles. The highest BCUT2D eigenvalue weighted by Crippen LogP contribution is 2.64. The maximum atomic E-state index is 2.55. The van der Waals surface area contributed by atoms with Gasteiger partial charge in [0.25, 0.3) is 0 Å². The molecule has 0 atom stereocenters. The van der Waals surface area contributed by atoms with E-state index >= 15 is 0 Å². The monoisotopic (exact) mass is 874 g/mol. The molecule has 0 aromatic heterocycles. The zero-order valence-electron chi connectivity index (χ0n) is 39.1. The van der Waals surface area contributed by atoms with Crippen LogP contribution in [-0.4, -0.2) is 0 Å². The van der Waals surface area contributed by atoms with E-state index in [2.05, 4.69) is 234 Å². The van der Waals surface area contributed by atoms with Crippen molar-refractivity contribution in [1.29, 1.82) is 0 Å². The molecule has 1 spiro atoms. The van der Waals surface area contributed by atoms with Crippen LogP contribution in [-0.2, 0) is 16.2 Å². The number of hydrogen-bond donors (Lipinski definition) is 0. The Hall–Kier alpha value is -8.06. The minimum Gasteiger partial charge on any atom is -0.0619 e.